The number of nitrogens with one attached hydrogen (secondary N) is 1. The standard InChI is InChI=1S/C11H10N2O3/c14-10-11(3-4-11)6-7-1-2-8(13(15)16)5-9(7)12-10/h1-2,5H,3-4,6H2,(H,12,14). The van der Waals surface area contributed by atoms with Crippen molar-refractivity contribution in [2.24, 2.45) is 5.41 Å². The molecular formula is C11H10N2O3. The molecule has 2 aliphatic rings. The Balaban J connectivity index is 2.02. The molecule has 1 saturated carbocycles. The molecule has 1 aromatic carbocycles. The zero-order valence-corrected chi connectivity index (χ0v) is 8.53. The van der Waals surface area contributed by atoms with Crippen LogP contribution in [0.25, 0.3) is 0 Å². The summed E-state index contributed by atoms with van der Waals surface area (Å²) < 4.78 is 0. The Kier molecular flexibility index (Phi) is 1.64. The number of hydrogen-bond donors (Lipinski definition) is 1. The summed E-state index contributed by atoms with van der Waals surface area (Å²) in [5.41, 5.74) is 1.41. The van der Waals surface area contributed by atoms with Crippen molar-refractivity contribution in [3.63, 3.8) is 0 Å². The molecule has 1 N–H and O–H groups in total. The molecule has 0 saturated heterocycles. The summed E-state index contributed by atoms with van der Waals surface area (Å²) in [6, 6.07) is 4.67. The van der Waals surface area contributed by atoms with Crippen LogP contribution in [0.1, 0.15) is 18.4 Å². The molecule has 1 aliphatic carbocycles. The number of fused-ring (bicyclic) bond motifs is 1. The number of nitrogens with zero attached hydrogens (tertiary/aromatic N) is 1. The normalized spacial score (nSPS) is 20.1. The third-order valence-corrected chi connectivity index (χ3v) is 3.42. The smallest absolute Gasteiger partial charge is 0.271 e. The van der Waals surface area contributed by atoms with Crippen molar-refractivity contribution in [1.29, 1.82) is 0 Å². The molecule has 5 nitrogen and oxygen atoms in total. The highest BCUT2D eigenvalue weighted by Crippen LogP contribution is 2.52. The van der Waals surface area contributed by atoms with Gasteiger partial charge in [-0.25, -0.2) is 0 Å². The fourth-order valence-electron chi connectivity index (χ4n) is 2.20. The van der Waals surface area contributed by atoms with Crippen LogP contribution in [0.15, 0.2) is 18.2 Å². The zero-order chi connectivity index (χ0) is 11.3. The van der Waals surface area contributed by atoms with Crippen LogP contribution < -0.4 is 5.32 Å². The molecule has 0 radical (unpaired) electrons. The summed E-state index contributed by atoms with van der Waals surface area (Å²) in [4.78, 5) is 21.9. The first kappa shape index (κ1) is 9.33. The van der Waals surface area contributed by atoms with Crippen molar-refractivity contribution >= 4 is 17.3 Å². The quantitative estimate of drug-likeness (QED) is 0.577. The summed E-state index contributed by atoms with van der Waals surface area (Å²) in [7, 11) is 0. The van der Waals surface area contributed by atoms with Crippen LogP contribution in [0.3, 0.4) is 0 Å². The highest BCUT2D eigenvalue weighted by Gasteiger charge is 2.52. The van der Waals surface area contributed by atoms with Crippen molar-refractivity contribution in [3.05, 3.63) is 33.9 Å². The summed E-state index contributed by atoms with van der Waals surface area (Å²) in [6.45, 7) is 0. The number of nitro groups is 1. The molecule has 1 amide bonds. The van der Waals surface area contributed by atoms with Crippen LogP contribution in [-0.2, 0) is 11.2 Å². The van der Waals surface area contributed by atoms with E-state index in [0.29, 0.717) is 12.1 Å². The second-order valence-electron chi connectivity index (χ2n) is 4.51. The van der Waals surface area contributed by atoms with E-state index in [4.69, 9.17) is 0 Å². The van der Waals surface area contributed by atoms with E-state index < -0.39 is 4.92 Å². The van der Waals surface area contributed by atoms with Gasteiger partial charge in [-0.3, -0.25) is 14.9 Å². The van der Waals surface area contributed by atoms with Crippen molar-refractivity contribution in [3.8, 4) is 0 Å². The van der Waals surface area contributed by atoms with E-state index in [0.717, 1.165) is 18.4 Å². The summed E-state index contributed by atoms with van der Waals surface area (Å²) in [6.07, 6.45) is 2.57. The predicted molar refractivity (Wildman–Crippen MR) is 57.1 cm³/mol. The van der Waals surface area contributed by atoms with Crippen LogP contribution in [0.2, 0.25) is 0 Å². The predicted octanol–water partition coefficient (Wildman–Crippen LogP) is 1.87. The Hall–Kier alpha value is -1.91. The third-order valence-electron chi connectivity index (χ3n) is 3.42. The summed E-state index contributed by atoms with van der Waals surface area (Å²) in [5.74, 6) is 0.0143. The first-order valence-corrected chi connectivity index (χ1v) is 5.20. The van der Waals surface area contributed by atoms with Crippen LogP contribution in [-0.4, -0.2) is 10.8 Å². The molecule has 1 aliphatic heterocycles. The highest BCUT2D eigenvalue weighted by molar-refractivity contribution is 6.00. The molecule has 3 rings (SSSR count). The first-order valence-electron chi connectivity index (χ1n) is 5.20. The van der Waals surface area contributed by atoms with Gasteiger partial charge in [0.05, 0.1) is 16.0 Å². The molecule has 1 fully saturated rings. The molecule has 1 heterocycles. The van der Waals surface area contributed by atoms with Gasteiger partial charge in [-0.1, -0.05) is 6.07 Å². The largest absolute Gasteiger partial charge is 0.325 e. The number of nitro benzene ring substituents is 1. The SMILES string of the molecule is O=C1Nc2cc([N+](=O)[O-])ccc2CC12CC2. The zero-order valence-electron chi connectivity index (χ0n) is 8.53. The molecule has 16 heavy (non-hydrogen) atoms. The van der Waals surface area contributed by atoms with Gasteiger partial charge < -0.3 is 5.32 Å². The maximum atomic E-state index is 11.7. The number of benzene rings is 1. The van der Waals surface area contributed by atoms with Crippen molar-refractivity contribution in [1.82, 2.24) is 0 Å². The van der Waals surface area contributed by atoms with E-state index in [9.17, 15) is 14.9 Å². The average Bonchev–Trinajstić information content (AvgIpc) is 3.00. The fourth-order valence-corrected chi connectivity index (χ4v) is 2.20. The van der Waals surface area contributed by atoms with E-state index in [-0.39, 0.29) is 17.0 Å². The number of anilines is 1. The van der Waals surface area contributed by atoms with Gasteiger partial charge in [0.25, 0.3) is 5.69 Å². The van der Waals surface area contributed by atoms with Gasteiger partial charge in [0.15, 0.2) is 0 Å². The maximum Gasteiger partial charge on any atom is 0.271 e. The van der Waals surface area contributed by atoms with Crippen LogP contribution >= 0.6 is 0 Å². The lowest BCUT2D eigenvalue weighted by molar-refractivity contribution is -0.384. The van der Waals surface area contributed by atoms with E-state index in [2.05, 4.69) is 5.32 Å². The molecule has 0 aromatic heterocycles. The Labute approximate surface area is 91.6 Å². The van der Waals surface area contributed by atoms with Crippen LogP contribution in [0, 0.1) is 15.5 Å². The topological polar surface area (TPSA) is 72.2 Å². The third kappa shape index (κ3) is 1.21. The van der Waals surface area contributed by atoms with Crippen LogP contribution in [0.4, 0.5) is 11.4 Å². The molecular weight excluding hydrogens is 208 g/mol. The van der Waals surface area contributed by atoms with Crippen molar-refractivity contribution < 1.29 is 9.72 Å². The van der Waals surface area contributed by atoms with Crippen LogP contribution in [0.5, 0.6) is 0 Å². The highest BCUT2D eigenvalue weighted by atomic mass is 16.6. The van der Waals surface area contributed by atoms with Gasteiger partial charge in [-0.05, 0) is 24.8 Å². The molecule has 82 valence electrons. The average molecular weight is 218 g/mol. The Bertz CT molecular complexity index is 506. The lowest BCUT2D eigenvalue weighted by atomic mass is 9.90. The van der Waals surface area contributed by atoms with E-state index >= 15 is 0 Å². The minimum absolute atomic E-state index is 0.0143. The van der Waals surface area contributed by atoms with Gasteiger partial charge >= 0.3 is 0 Å². The Morgan fingerprint density at radius 2 is 2.12 bits per heavy atom. The first-order chi connectivity index (χ1) is 7.61. The number of carbonyl (C=O) groups is 1. The monoisotopic (exact) mass is 218 g/mol. The fraction of sp³-hybridized carbons (Fsp3) is 0.364. The number of carbonyl (C=O) groups excluding carboxylic acids is 1. The van der Waals surface area contributed by atoms with Gasteiger partial charge in [0.1, 0.15) is 0 Å². The molecule has 5 heteroatoms. The molecule has 1 aromatic rings. The lowest BCUT2D eigenvalue weighted by Crippen LogP contribution is -2.31. The Morgan fingerprint density at radius 3 is 2.75 bits per heavy atom. The van der Waals surface area contributed by atoms with E-state index in [1.54, 1.807) is 6.07 Å². The van der Waals surface area contributed by atoms with Crippen molar-refractivity contribution in [2.45, 2.75) is 19.3 Å². The van der Waals surface area contributed by atoms with Crippen molar-refractivity contribution in [2.75, 3.05) is 5.32 Å². The van der Waals surface area contributed by atoms with Gasteiger partial charge in [0.2, 0.25) is 5.91 Å². The lowest BCUT2D eigenvalue weighted by Gasteiger charge is -2.23. The molecule has 1 spiro atoms. The van der Waals surface area contributed by atoms with Gasteiger partial charge in [-0.2, -0.15) is 0 Å². The maximum absolute atomic E-state index is 11.7. The summed E-state index contributed by atoms with van der Waals surface area (Å²) >= 11 is 0. The molecule has 0 unspecified atom stereocenters. The van der Waals surface area contributed by atoms with Gasteiger partial charge in [0, 0.05) is 12.1 Å². The van der Waals surface area contributed by atoms with E-state index in [1.165, 1.54) is 12.1 Å². The number of hydrogen-bond acceptors (Lipinski definition) is 3. The van der Waals surface area contributed by atoms with E-state index in [1.807, 2.05) is 0 Å². The minimum atomic E-state index is -0.450. The molecule has 0 bridgehead atoms. The molecule has 0 atom stereocenters. The second-order valence-corrected chi connectivity index (χ2v) is 4.51. The minimum Gasteiger partial charge on any atom is -0.325 e. The number of amides is 1. The summed E-state index contributed by atoms with van der Waals surface area (Å²) in [5, 5.41) is 13.4. The number of non-ortho nitro benzene ring substituents is 1. The van der Waals surface area contributed by atoms with Gasteiger partial charge in [-0.15, -0.1) is 0 Å². The second kappa shape index (κ2) is 2.81. The number of rotatable bonds is 1. The Morgan fingerprint density at radius 1 is 1.38 bits per heavy atom.